The van der Waals surface area contributed by atoms with Crippen molar-refractivity contribution in [2.45, 2.75) is 46.0 Å². The van der Waals surface area contributed by atoms with E-state index in [9.17, 15) is 9.90 Å². The molecule has 6 heteroatoms. The van der Waals surface area contributed by atoms with E-state index in [1.807, 2.05) is 52.1 Å². The van der Waals surface area contributed by atoms with E-state index in [-0.39, 0.29) is 17.4 Å². The maximum atomic E-state index is 13.1. The van der Waals surface area contributed by atoms with Gasteiger partial charge in [-0.2, -0.15) is 0 Å². The van der Waals surface area contributed by atoms with E-state index < -0.39 is 6.35 Å². The van der Waals surface area contributed by atoms with Gasteiger partial charge in [0.1, 0.15) is 0 Å². The highest BCUT2D eigenvalue weighted by molar-refractivity contribution is 5.95. The molecule has 2 aromatic rings. The highest BCUT2D eigenvalue weighted by atomic mass is 16.3. The Balaban J connectivity index is 1.43. The van der Waals surface area contributed by atoms with Crippen molar-refractivity contribution in [2.24, 2.45) is 11.3 Å². The third kappa shape index (κ3) is 3.56. The third-order valence-corrected chi connectivity index (χ3v) is 6.79. The standard InChI is InChI=1S/C26H32N4O2/c1-26(2,3)16-30-22-13-12-21(27-23(22)28(4)25(30)32)20-14-19-11-10-18(20)15-29(19)24(31)17-8-6-5-7-9-17/h5-9,12-14,18-19,25,32H,10-11,15-16H2,1-4H3. The molecule has 1 aromatic heterocycles. The largest absolute Gasteiger partial charge is 0.356 e. The monoisotopic (exact) mass is 432 g/mol. The van der Waals surface area contributed by atoms with Gasteiger partial charge in [0.2, 0.25) is 6.35 Å². The second-order valence-corrected chi connectivity index (χ2v) is 10.5. The zero-order valence-electron chi connectivity index (χ0n) is 19.3. The maximum absolute atomic E-state index is 13.1. The molecule has 1 aromatic carbocycles. The zero-order chi connectivity index (χ0) is 22.6. The second kappa shape index (κ2) is 7.62. The Hall–Kier alpha value is -2.86. The molecule has 0 saturated carbocycles. The minimum absolute atomic E-state index is 0.0574. The van der Waals surface area contributed by atoms with Crippen molar-refractivity contribution >= 4 is 23.0 Å². The summed E-state index contributed by atoms with van der Waals surface area (Å²) in [5.74, 6) is 1.22. The first kappa shape index (κ1) is 21.0. The topological polar surface area (TPSA) is 59.9 Å². The first-order valence-electron chi connectivity index (χ1n) is 11.5. The number of carbonyl (C=O) groups excluding carboxylic acids is 1. The minimum atomic E-state index is -0.706. The lowest BCUT2D eigenvalue weighted by Crippen LogP contribution is -2.49. The van der Waals surface area contributed by atoms with Crippen LogP contribution in [0.25, 0.3) is 5.57 Å². The molecule has 4 heterocycles. The van der Waals surface area contributed by atoms with Gasteiger partial charge in [0.25, 0.3) is 5.91 Å². The molecular formula is C26H32N4O2. The van der Waals surface area contributed by atoms with Crippen molar-refractivity contribution in [3.63, 3.8) is 0 Å². The van der Waals surface area contributed by atoms with Crippen LogP contribution in [0.1, 0.15) is 49.7 Å². The summed E-state index contributed by atoms with van der Waals surface area (Å²) in [6, 6.07) is 13.8. The summed E-state index contributed by atoms with van der Waals surface area (Å²) in [4.78, 5) is 23.9. The average Bonchev–Trinajstić information content (AvgIpc) is 3.02. The first-order valence-corrected chi connectivity index (χ1v) is 11.5. The van der Waals surface area contributed by atoms with Crippen molar-refractivity contribution in [1.29, 1.82) is 0 Å². The van der Waals surface area contributed by atoms with Crippen LogP contribution in [0.5, 0.6) is 0 Å². The van der Waals surface area contributed by atoms with Crippen molar-refractivity contribution in [1.82, 2.24) is 9.88 Å². The number of hydrogen-bond donors (Lipinski definition) is 1. The van der Waals surface area contributed by atoms with Crippen LogP contribution in [0.3, 0.4) is 0 Å². The number of anilines is 2. The molecule has 1 fully saturated rings. The number of aromatic nitrogens is 1. The van der Waals surface area contributed by atoms with Gasteiger partial charge in [0, 0.05) is 31.6 Å². The number of fused-ring (bicyclic) bond motifs is 3. The smallest absolute Gasteiger partial charge is 0.254 e. The lowest BCUT2D eigenvalue weighted by molar-refractivity contribution is 0.0609. The van der Waals surface area contributed by atoms with Crippen LogP contribution in [0.4, 0.5) is 11.5 Å². The fourth-order valence-corrected chi connectivity index (χ4v) is 5.24. The molecule has 1 aliphatic carbocycles. The minimum Gasteiger partial charge on any atom is -0.356 e. The van der Waals surface area contributed by atoms with Gasteiger partial charge in [-0.05, 0) is 48.1 Å². The number of aliphatic hydroxyl groups excluding tert-OH is 1. The number of hydrogen-bond acceptors (Lipinski definition) is 5. The summed E-state index contributed by atoms with van der Waals surface area (Å²) in [6.07, 6.45) is 3.60. The Morgan fingerprint density at radius 1 is 1.12 bits per heavy atom. The molecule has 4 aliphatic rings. The number of rotatable bonds is 3. The summed E-state index contributed by atoms with van der Waals surface area (Å²) in [7, 11) is 1.89. The summed E-state index contributed by atoms with van der Waals surface area (Å²) < 4.78 is 0. The highest BCUT2D eigenvalue weighted by Gasteiger charge is 2.40. The molecule has 32 heavy (non-hydrogen) atoms. The lowest BCUT2D eigenvalue weighted by atomic mass is 9.78. The molecule has 6 nitrogen and oxygen atoms in total. The molecule has 0 spiro atoms. The van der Waals surface area contributed by atoms with Gasteiger partial charge in [-0.3, -0.25) is 4.79 Å². The van der Waals surface area contributed by atoms with Crippen molar-refractivity contribution in [3.05, 3.63) is 59.8 Å². The molecule has 1 saturated heterocycles. The van der Waals surface area contributed by atoms with Crippen molar-refractivity contribution in [2.75, 3.05) is 29.9 Å². The van der Waals surface area contributed by atoms with Crippen LogP contribution in [0.2, 0.25) is 0 Å². The zero-order valence-corrected chi connectivity index (χ0v) is 19.3. The second-order valence-electron chi connectivity index (χ2n) is 10.5. The van der Waals surface area contributed by atoms with Crippen LogP contribution in [0, 0.1) is 11.3 Å². The van der Waals surface area contributed by atoms with E-state index in [0.29, 0.717) is 5.92 Å². The predicted octanol–water partition coefficient (Wildman–Crippen LogP) is 3.98. The molecule has 6 rings (SSSR count). The Morgan fingerprint density at radius 3 is 2.53 bits per heavy atom. The summed E-state index contributed by atoms with van der Waals surface area (Å²) >= 11 is 0. The van der Waals surface area contributed by atoms with Crippen molar-refractivity contribution in [3.8, 4) is 0 Å². The van der Waals surface area contributed by atoms with Crippen LogP contribution in [-0.2, 0) is 0 Å². The number of piperidine rings is 1. The van der Waals surface area contributed by atoms with E-state index in [4.69, 9.17) is 4.98 Å². The van der Waals surface area contributed by atoms with E-state index in [1.54, 1.807) is 0 Å². The van der Waals surface area contributed by atoms with Crippen molar-refractivity contribution < 1.29 is 9.90 Å². The van der Waals surface area contributed by atoms with Crippen LogP contribution < -0.4 is 9.80 Å². The number of amides is 1. The quantitative estimate of drug-likeness (QED) is 0.795. The van der Waals surface area contributed by atoms with Gasteiger partial charge in [-0.25, -0.2) is 4.98 Å². The Bertz CT molecular complexity index is 1060. The Morgan fingerprint density at radius 2 is 1.88 bits per heavy atom. The SMILES string of the molecule is CN1c2nc(C3=CC4CCC3CN4C(=O)c3ccccc3)ccc2N(CC(C)(C)C)C1O. The summed E-state index contributed by atoms with van der Waals surface area (Å²) in [5, 5.41) is 10.8. The fourth-order valence-electron chi connectivity index (χ4n) is 5.24. The number of carbonyl (C=O) groups is 1. The van der Waals surface area contributed by atoms with E-state index >= 15 is 0 Å². The number of benzene rings is 1. The van der Waals surface area contributed by atoms with E-state index in [1.165, 1.54) is 5.57 Å². The third-order valence-electron chi connectivity index (χ3n) is 6.79. The van der Waals surface area contributed by atoms with Gasteiger partial charge in [-0.15, -0.1) is 0 Å². The summed E-state index contributed by atoms with van der Waals surface area (Å²) in [6.45, 7) is 8.00. The lowest BCUT2D eigenvalue weighted by Gasteiger charge is -2.44. The van der Waals surface area contributed by atoms with Gasteiger partial charge >= 0.3 is 0 Å². The van der Waals surface area contributed by atoms with Gasteiger partial charge in [-0.1, -0.05) is 45.0 Å². The highest BCUT2D eigenvalue weighted by Crippen LogP contribution is 2.43. The summed E-state index contributed by atoms with van der Waals surface area (Å²) in [5.41, 5.74) is 3.98. The molecule has 3 aliphatic heterocycles. The number of aliphatic hydroxyl groups is 1. The molecule has 1 amide bonds. The molecule has 3 atom stereocenters. The first-order chi connectivity index (χ1) is 15.2. The molecule has 3 unspecified atom stereocenters. The number of pyridine rings is 1. The normalized spacial score (nSPS) is 24.6. The van der Waals surface area contributed by atoms with Crippen LogP contribution >= 0.6 is 0 Å². The van der Waals surface area contributed by atoms with Gasteiger partial charge in [0.05, 0.1) is 17.4 Å². The van der Waals surface area contributed by atoms with Gasteiger partial charge < -0.3 is 19.8 Å². The molecule has 1 N–H and O–H groups in total. The van der Waals surface area contributed by atoms with Crippen LogP contribution in [0.15, 0.2) is 48.5 Å². The van der Waals surface area contributed by atoms with E-state index in [0.717, 1.165) is 48.7 Å². The van der Waals surface area contributed by atoms with Crippen LogP contribution in [-0.4, -0.2) is 53.4 Å². The number of nitrogens with zero attached hydrogens (tertiary/aromatic N) is 4. The predicted molar refractivity (Wildman–Crippen MR) is 127 cm³/mol. The Labute approximate surface area is 190 Å². The molecule has 0 radical (unpaired) electrons. The molecule has 168 valence electrons. The fraction of sp³-hybridized carbons (Fsp3) is 0.462. The van der Waals surface area contributed by atoms with E-state index in [2.05, 4.69) is 39.0 Å². The average molecular weight is 433 g/mol. The molecular weight excluding hydrogens is 400 g/mol. The van der Waals surface area contributed by atoms with Gasteiger partial charge in [0.15, 0.2) is 5.82 Å². The molecule has 2 bridgehead atoms. The maximum Gasteiger partial charge on any atom is 0.254 e. The Kier molecular flexibility index (Phi) is 5.01.